The van der Waals surface area contributed by atoms with Crippen LogP contribution in [0.15, 0.2) is 60.7 Å². The van der Waals surface area contributed by atoms with E-state index in [9.17, 15) is 0 Å². The molecule has 104 valence electrons. The molecule has 3 atom stereocenters. The first-order valence-corrected chi connectivity index (χ1v) is 7.27. The number of rotatable bonds is 6. The van der Waals surface area contributed by atoms with E-state index in [1.165, 1.54) is 11.1 Å². The summed E-state index contributed by atoms with van der Waals surface area (Å²) in [5.41, 5.74) is 2.63. The average Bonchev–Trinajstić information content (AvgIpc) is 3.28. The van der Waals surface area contributed by atoms with Gasteiger partial charge in [-0.2, -0.15) is 0 Å². The predicted octanol–water partition coefficient (Wildman–Crippen LogP) is 3.65. The van der Waals surface area contributed by atoms with Crippen molar-refractivity contribution in [2.24, 2.45) is 0 Å². The van der Waals surface area contributed by atoms with Crippen LogP contribution in [-0.2, 0) is 11.3 Å². The molecular formula is C18H21NO. The molecule has 1 unspecified atom stereocenters. The molecule has 2 nitrogen and oxygen atoms in total. The van der Waals surface area contributed by atoms with Gasteiger partial charge >= 0.3 is 0 Å². The molecule has 1 fully saturated rings. The van der Waals surface area contributed by atoms with Crippen molar-refractivity contribution in [1.82, 2.24) is 4.90 Å². The van der Waals surface area contributed by atoms with Crippen LogP contribution in [0, 0.1) is 0 Å². The van der Waals surface area contributed by atoms with E-state index in [1.54, 1.807) is 0 Å². The summed E-state index contributed by atoms with van der Waals surface area (Å²) in [4.78, 5) is 2.49. The predicted molar refractivity (Wildman–Crippen MR) is 81.4 cm³/mol. The zero-order chi connectivity index (χ0) is 13.8. The highest BCUT2D eigenvalue weighted by atomic mass is 16.5. The summed E-state index contributed by atoms with van der Waals surface area (Å²) < 4.78 is 5.82. The number of hydrogen-bond acceptors (Lipinski definition) is 2. The second kappa shape index (κ2) is 6.21. The van der Waals surface area contributed by atoms with E-state index >= 15 is 0 Å². The molecule has 0 aromatic heterocycles. The first-order chi connectivity index (χ1) is 9.84. The molecule has 3 rings (SSSR count). The summed E-state index contributed by atoms with van der Waals surface area (Å²) in [6.07, 6.45) is 0. The smallest absolute Gasteiger partial charge is 0.0717 e. The van der Waals surface area contributed by atoms with Crippen molar-refractivity contribution in [3.8, 4) is 0 Å². The minimum Gasteiger partial charge on any atom is -0.375 e. The average molecular weight is 267 g/mol. The summed E-state index contributed by atoms with van der Waals surface area (Å²) in [6, 6.07) is 22.1. The molecule has 0 aliphatic carbocycles. The number of ether oxygens (including phenoxy) is 1. The van der Waals surface area contributed by atoms with Crippen LogP contribution in [0.5, 0.6) is 0 Å². The Morgan fingerprint density at radius 2 is 1.70 bits per heavy atom. The van der Waals surface area contributed by atoms with E-state index in [2.05, 4.69) is 66.4 Å². The molecule has 1 heterocycles. The standard InChI is InChI=1S/C18H21NO/c1-15(17-10-6-3-7-11-17)19-12-18(19)14-20-13-16-8-4-2-5-9-16/h2-11,15,18H,12-14H2,1H3/t15-,18+,19?/m1/s1. The maximum atomic E-state index is 5.82. The second-order valence-corrected chi connectivity index (χ2v) is 5.44. The van der Waals surface area contributed by atoms with Gasteiger partial charge in [-0.1, -0.05) is 60.7 Å². The fourth-order valence-corrected chi connectivity index (χ4v) is 2.63. The number of benzene rings is 2. The Labute approximate surface area is 121 Å². The second-order valence-electron chi connectivity index (χ2n) is 5.44. The van der Waals surface area contributed by atoms with Crippen LogP contribution in [0.2, 0.25) is 0 Å². The van der Waals surface area contributed by atoms with Crippen LogP contribution < -0.4 is 0 Å². The van der Waals surface area contributed by atoms with Gasteiger partial charge in [0.15, 0.2) is 0 Å². The lowest BCUT2D eigenvalue weighted by atomic mass is 10.1. The lowest BCUT2D eigenvalue weighted by Crippen LogP contribution is -2.12. The van der Waals surface area contributed by atoms with E-state index in [-0.39, 0.29) is 0 Å². The highest BCUT2D eigenvalue weighted by molar-refractivity contribution is 5.20. The van der Waals surface area contributed by atoms with Crippen molar-refractivity contribution in [3.63, 3.8) is 0 Å². The normalized spacial score (nSPS) is 22.4. The summed E-state index contributed by atoms with van der Waals surface area (Å²) in [7, 11) is 0. The highest BCUT2D eigenvalue weighted by Gasteiger charge is 2.38. The van der Waals surface area contributed by atoms with E-state index in [1.807, 2.05) is 6.07 Å². The molecule has 0 bridgehead atoms. The zero-order valence-electron chi connectivity index (χ0n) is 11.9. The van der Waals surface area contributed by atoms with Crippen LogP contribution in [-0.4, -0.2) is 24.1 Å². The minimum atomic E-state index is 0.488. The summed E-state index contributed by atoms with van der Waals surface area (Å²) in [5.74, 6) is 0. The molecule has 0 amide bonds. The third-order valence-corrected chi connectivity index (χ3v) is 3.96. The van der Waals surface area contributed by atoms with Gasteiger partial charge in [0.1, 0.15) is 0 Å². The van der Waals surface area contributed by atoms with Gasteiger partial charge in [0.05, 0.1) is 13.2 Å². The lowest BCUT2D eigenvalue weighted by Gasteiger charge is -2.14. The van der Waals surface area contributed by atoms with E-state index in [4.69, 9.17) is 4.74 Å². The Hall–Kier alpha value is -1.64. The fourth-order valence-electron chi connectivity index (χ4n) is 2.63. The molecular weight excluding hydrogens is 246 g/mol. The Bertz CT molecular complexity index is 526. The summed E-state index contributed by atoms with van der Waals surface area (Å²) in [5, 5.41) is 0. The number of nitrogens with zero attached hydrogens (tertiary/aromatic N) is 1. The molecule has 0 spiro atoms. The van der Waals surface area contributed by atoms with Crippen molar-refractivity contribution >= 4 is 0 Å². The lowest BCUT2D eigenvalue weighted by molar-refractivity contribution is 0.111. The molecule has 1 aliphatic rings. The summed E-state index contributed by atoms with van der Waals surface area (Å²) >= 11 is 0. The van der Waals surface area contributed by atoms with Crippen LogP contribution in [0.4, 0.5) is 0 Å². The van der Waals surface area contributed by atoms with Crippen LogP contribution in [0.3, 0.4) is 0 Å². The maximum Gasteiger partial charge on any atom is 0.0717 e. The molecule has 20 heavy (non-hydrogen) atoms. The molecule has 0 N–H and O–H groups in total. The Morgan fingerprint density at radius 1 is 1.05 bits per heavy atom. The van der Waals surface area contributed by atoms with Gasteiger partial charge in [-0.25, -0.2) is 0 Å². The van der Waals surface area contributed by atoms with Crippen LogP contribution in [0.1, 0.15) is 24.1 Å². The molecule has 1 aliphatic heterocycles. The van der Waals surface area contributed by atoms with Gasteiger partial charge in [-0.05, 0) is 18.1 Å². The fraction of sp³-hybridized carbons (Fsp3) is 0.333. The van der Waals surface area contributed by atoms with Crippen molar-refractivity contribution < 1.29 is 4.74 Å². The van der Waals surface area contributed by atoms with Crippen LogP contribution >= 0.6 is 0 Å². The van der Waals surface area contributed by atoms with Crippen LogP contribution in [0.25, 0.3) is 0 Å². The van der Waals surface area contributed by atoms with Gasteiger partial charge in [-0.15, -0.1) is 0 Å². The summed E-state index contributed by atoms with van der Waals surface area (Å²) in [6.45, 7) is 4.95. The molecule has 1 saturated heterocycles. The third kappa shape index (κ3) is 3.27. The molecule has 2 aromatic carbocycles. The number of hydrogen-bond donors (Lipinski definition) is 0. The van der Waals surface area contributed by atoms with Crippen molar-refractivity contribution in [1.29, 1.82) is 0 Å². The van der Waals surface area contributed by atoms with Gasteiger partial charge in [-0.3, -0.25) is 4.90 Å². The Morgan fingerprint density at radius 3 is 2.40 bits per heavy atom. The molecule has 0 saturated carbocycles. The Balaban J connectivity index is 1.43. The van der Waals surface area contributed by atoms with Gasteiger partial charge in [0.25, 0.3) is 0 Å². The Kier molecular flexibility index (Phi) is 4.14. The molecule has 2 heteroatoms. The quantitative estimate of drug-likeness (QED) is 0.741. The van der Waals surface area contributed by atoms with Crippen molar-refractivity contribution in [3.05, 3.63) is 71.8 Å². The van der Waals surface area contributed by atoms with E-state index < -0.39 is 0 Å². The van der Waals surface area contributed by atoms with Gasteiger partial charge in [0.2, 0.25) is 0 Å². The third-order valence-electron chi connectivity index (χ3n) is 3.96. The molecule has 2 aromatic rings. The minimum absolute atomic E-state index is 0.488. The van der Waals surface area contributed by atoms with Crippen molar-refractivity contribution in [2.45, 2.75) is 25.6 Å². The van der Waals surface area contributed by atoms with Gasteiger partial charge < -0.3 is 4.74 Å². The first kappa shape index (κ1) is 13.3. The maximum absolute atomic E-state index is 5.82. The molecule has 0 radical (unpaired) electrons. The highest BCUT2D eigenvalue weighted by Crippen LogP contribution is 2.31. The topological polar surface area (TPSA) is 12.2 Å². The van der Waals surface area contributed by atoms with E-state index in [0.717, 1.165) is 13.2 Å². The SMILES string of the molecule is C[C@H](c1ccccc1)N1C[C@H]1COCc1ccccc1. The van der Waals surface area contributed by atoms with E-state index in [0.29, 0.717) is 18.7 Å². The van der Waals surface area contributed by atoms with Crippen molar-refractivity contribution in [2.75, 3.05) is 13.2 Å². The van der Waals surface area contributed by atoms with Gasteiger partial charge in [0, 0.05) is 18.6 Å². The first-order valence-electron chi connectivity index (χ1n) is 7.27. The monoisotopic (exact) mass is 267 g/mol. The zero-order valence-corrected chi connectivity index (χ0v) is 11.9. The largest absolute Gasteiger partial charge is 0.375 e.